The Morgan fingerprint density at radius 3 is 2.36 bits per heavy atom. The number of pyridine rings is 1. The molecule has 2 fully saturated rings. The van der Waals surface area contributed by atoms with E-state index in [1.165, 1.54) is 17.2 Å². The van der Waals surface area contributed by atoms with Crippen LogP contribution in [0.3, 0.4) is 0 Å². The molecular weight excluding hydrogens is 686 g/mol. The van der Waals surface area contributed by atoms with Crippen LogP contribution in [0, 0.1) is 0 Å². The van der Waals surface area contributed by atoms with Crippen molar-refractivity contribution in [3.8, 4) is 0 Å². The Morgan fingerprint density at radius 2 is 1.66 bits per heavy atom. The second-order valence-corrected chi connectivity index (χ2v) is 14.3. The predicted octanol–water partition coefficient (Wildman–Crippen LogP) is 5.43. The minimum atomic E-state index is -2.87. The fourth-order valence-corrected chi connectivity index (χ4v) is 7.64. The molecule has 3 N–H and O–H groups in total. The van der Waals surface area contributed by atoms with Gasteiger partial charge in [-0.05, 0) is 56.2 Å². The van der Waals surface area contributed by atoms with E-state index in [0.717, 1.165) is 93.3 Å². The first-order chi connectivity index (χ1) is 25.6. The average molecular weight is 735 g/mol. The predicted molar refractivity (Wildman–Crippen MR) is 197 cm³/mol. The highest BCUT2D eigenvalue weighted by Crippen LogP contribution is 2.26. The first-order valence-electron chi connectivity index (χ1n) is 18.9. The van der Waals surface area contributed by atoms with E-state index >= 15 is 0 Å². The number of H-pyrrole nitrogens is 1. The van der Waals surface area contributed by atoms with Gasteiger partial charge in [-0.1, -0.05) is 57.1 Å². The van der Waals surface area contributed by atoms with E-state index in [1.54, 1.807) is 11.6 Å². The van der Waals surface area contributed by atoms with E-state index in [0.29, 0.717) is 37.3 Å². The minimum absolute atomic E-state index is 0.0628. The number of carbonyl (C=O) groups is 3. The molecule has 1 atom stereocenters. The Hall–Kier alpha value is -4.95. The van der Waals surface area contributed by atoms with Gasteiger partial charge in [0.2, 0.25) is 23.7 Å². The summed E-state index contributed by atoms with van der Waals surface area (Å²) in [6.07, 6.45) is 11.7. The van der Waals surface area contributed by atoms with Crippen molar-refractivity contribution in [2.45, 2.75) is 115 Å². The van der Waals surface area contributed by atoms with Crippen molar-refractivity contribution >= 4 is 45.7 Å². The number of rotatable bonds is 16. The quantitative estimate of drug-likeness (QED) is 0.101. The molecule has 0 aliphatic carbocycles. The normalized spacial score (nSPS) is 16.9. The van der Waals surface area contributed by atoms with Crippen LogP contribution in [0.1, 0.15) is 113 Å². The molecule has 2 aliphatic heterocycles. The molecule has 1 aromatic carbocycles. The number of piperidine rings is 2. The van der Waals surface area contributed by atoms with Crippen molar-refractivity contribution in [2.24, 2.45) is 7.05 Å². The van der Waals surface area contributed by atoms with E-state index in [4.69, 9.17) is 0 Å². The summed E-state index contributed by atoms with van der Waals surface area (Å²) in [6.45, 7) is 1.28. The van der Waals surface area contributed by atoms with Gasteiger partial charge in [0.1, 0.15) is 11.7 Å². The lowest BCUT2D eigenvalue weighted by Gasteiger charge is -2.32. The number of amides is 3. The number of hydrogen-bond acceptors (Lipinski definition) is 8. The number of aromatic nitrogens is 5. The van der Waals surface area contributed by atoms with Gasteiger partial charge in [-0.2, -0.15) is 4.98 Å². The number of aryl methyl sites for hydroxylation is 2. The van der Waals surface area contributed by atoms with Crippen LogP contribution in [-0.2, 0) is 27.9 Å². The molecule has 5 heterocycles. The van der Waals surface area contributed by atoms with E-state index in [2.05, 4.69) is 25.6 Å². The fourth-order valence-electron chi connectivity index (χ4n) is 7.64. The average Bonchev–Trinajstić information content (AvgIpc) is 3.39. The summed E-state index contributed by atoms with van der Waals surface area (Å²) in [7, 11) is 1.74. The zero-order chi connectivity index (χ0) is 37.5. The summed E-state index contributed by atoms with van der Waals surface area (Å²) in [5, 5.41) is 5.94. The Labute approximate surface area is 305 Å². The second kappa shape index (κ2) is 17.3. The first kappa shape index (κ1) is 37.8. The molecule has 2 saturated heterocycles. The number of halogens is 2. The highest BCUT2D eigenvalue weighted by molar-refractivity contribution is 6.00. The number of nitrogens with one attached hydrogen (secondary N) is 3. The molecule has 284 valence electrons. The van der Waals surface area contributed by atoms with E-state index in [1.807, 2.05) is 23.1 Å². The summed E-state index contributed by atoms with van der Waals surface area (Å²) in [5.41, 5.74) is 1.17. The zero-order valence-corrected chi connectivity index (χ0v) is 30.2. The number of alkyl halides is 2. The highest BCUT2D eigenvalue weighted by atomic mass is 19.3. The van der Waals surface area contributed by atoms with Gasteiger partial charge in [0.15, 0.2) is 0 Å². The molecule has 13 nitrogen and oxygen atoms in total. The smallest absolute Gasteiger partial charge is 0.329 e. The molecule has 6 rings (SSSR count). The molecule has 3 aromatic heterocycles. The van der Waals surface area contributed by atoms with Gasteiger partial charge in [-0.3, -0.25) is 33.6 Å². The van der Waals surface area contributed by atoms with Gasteiger partial charge < -0.3 is 15.2 Å². The van der Waals surface area contributed by atoms with Gasteiger partial charge in [0.25, 0.3) is 12.0 Å². The number of carbonyl (C=O) groups excluding carboxylic acids is 3. The van der Waals surface area contributed by atoms with Crippen LogP contribution in [0.15, 0.2) is 40.1 Å². The molecule has 15 heteroatoms. The Kier molecular flexibility index (Phi) is 12.3. The topological polar surface area (TPSA) is 164 Å². The number of likely N-dealkylation sites (tertiary alicyclic amines) is 1. The van der Waals surface area contributed by atoms with Crippen LogP contribution in [0.25, 0.3) is 22.1 Å². The third-order valence-corrected chi connectivity index (χ3v) is 10.6. The van der Waals surface area contributed by atoms with Gasteiger partial charge in [-0.25, -0.2) is 18.6 Å². The maximum atomic E-state index is 13.1. The summed E-state index contributed by atoms with van der Waals surface area (Å²) in [5.74, 6) is -0.231. The molecule has 2 aliphatic rings. The molecule has 4 aromatic rings. The maximum absolute atomic E-state index is 13.1. The summed E-state index contributed by atoms with van der Waals surface area (Å²) < 4.78 is 29.2. The largest absolute Gasteiger partial charge is 0.351 e. The number of benzene rings is 1. The van der Waals surface area contributed by atoms with Crippen LogP contribution in [0.2, 0.25) is 0 Å². The number of unbranched alkanes of at least 4 members (excludes halogenated alkanes) is 8. The Morgan fingerprint density at radius 1 is 0.962 bits per heavy atom. The number of fused-ring (bicyclic) bond motifs is 2. The number of imide groups is 1. The lowest BCUT2D eigenvalue weighted by Crippen LogP contribution is -2.44. The second-order valence-electron chi connectivity index (χ2n) is 14.3. The van der Waals surface area contributed by atoms with Crippen LogP contribution >= 0.6 is 0 Å². The molecule has 0 bridgehead atoms. The molecular formula is C38H48F2N8O5. The highest BCUT2D eigenvalue weighted by Gasteiger charge is 2.31. The Bertz CT molecular complexity index is 2070. The number of imidazole rings is 1. The van der Waals surface area contributed by atoms with Crippen molar-refractivity contribution < 1.29 is 23.2 Å². The lowest BCUT2D eigenvalue weighted by molar-refractivity contribution is -0.136. The summed E-state index contributed by atoms with van der Waals surface area (Å²) >= 11 is 0. The number of hydrogen-bond donors (Lipinski definition) is 3. The minimum Gasteiger partial charge on any atom is -0.351 e. The Balaban J connectivity index is 0.827. The number of aromatic amines is 1. The molecule has 3 amide bonds. The van der Waals surface area contributed by atoms with E-state index in [9.17, 15) is 32.8 Å². The van der Waals surface area contributed by atoms with E-state index in [-0.39, 0.29) is 35.6 Å². The van der Waals surface area contributed by atoms with Gasteiger partial charge in [0.05, 0.1) is 16.6 Å². The molecule has 0 radical (unpaired) electrons. The van der Waals surface area contributed by atoms with Gasteiger partial charge in [0, 0.05) is 50.6 Å². The first-order valence-corrected chi connectivity index (χ1v) is 18.9. The van der Waals surface area contributed by atoms with Crippen LogP contribution < -0.4 is 21.9 Å². The van der Waals surface area contributed by atoms with Crippen molar-refractivity contribution in [2.75, 3.05) is 18.4 Å². The van der Waals surface area contributed by atoms with Gasteiger partial charge >= 0.3 is 5.69 Å². The third-order valence-electron chi connectivity index (χ3n) is 10.6. The van der Waals surface area contributed by atoms with Crippen LogP contribution in [0.4, 0.5) is 14.7 Å². The van der Waals surface area contributed by atoms with Crippen LogP contribution in [-0.4, -0.2) is 65.8 Å². The summed E-state index contributed by atoms with van der Waals surface area (Å²) in [4.78, 5) is 74.8. The molecule has 0 spiro atoms. The van der Waals surface area contributed by atoms with Crippen molar-refractivity contribution in [3.05, 3.63) is 62.4 Å². The fraction of sp³-hybridized carbons (Fsp3) is 0.553. The van der Waals surface area contributed by atoms with Crippen molar-refractivity contribution in [1.29, 1.82) is 0 Å². The maximum Gasteiger partial charge on any atom is 0.329 e. The van der Waals surface area contributed by atoms with Crippen molar-refractivity contribution in [1.82, 2.24) is 34.3 Å². The monoisotopic (exact) mass is 734 g/mol. The number of para-hydroxylation sites is 1. The SMILES string of the molecule is Cn1c(=O)n(C2CCC(=O)NC2=O)c2cccc(CCCCCCCCCCCC(=O)N3CCC(Nc4ncc5cc(C(F)F)c(=O)[nH]c5n4)CC3)c21. The zero-order valence-electron chi connectivity index (χ0n) is 30.2. The van der Waals surface area contributed by atoms with Crippen molar-refractivity contribution in [3.63, 3.8) is 0 Å². The summed E-state index contributed by atoms with van der Waals surface area (Å²) in [6, 6.07) is 6.35. The lowest BCUT2D eigenvalue weighted by atomic mass is 10.0. The number of anilines is 1. The number of nitrogens with zero attached hydrogens (tertiary/aromatic N) is 5. The third kappa shape index (κ3) is 8.99. The molecule has 1 unspecified atom stereocenters. The molecule has 53 heavy (non-hydrogen) atoms. The van der Waals surface area contributed by atoms with Crippen LogP contribution in [0.5, 0.6) is 0 Å². The molecule has 0 saturated carbocycles. The van der Waals surface area contributed by atoms with E-state index < -0.39 is 29.5 Å². The standard InChI is InChI=1S/C38H48F2N8O5/c1-46-32-24(13-11-14-28(32)48(38(46)53)29-16-17-30(49)43-36(29)52)12-9-7-5-3-2-4-6-8-10-15-31(50)47-20-18-26(19-21-47)42-37-41-23-25-22-27(33(39)40)35(51)44-34(25)45-37/h11,13-14,22-23,26,29,33H,2-10,12,15-21H2,1H3,(H,43,49,52)(H2,41,42,44,45,51). The van der Waals surface area contributed by atoms with Gasteiger partial charge in [-0.15, -0.1) is 0 Å².